The molecule has 0 fully saturated rings. The maximum Gasteiger partial charge on any atom is 0.353 e. The van der Waals surface area contributed by atoms with Crippen LogP contribution in [-0.4, -0.2) is 52.0 Å². The van der Waals surface area contributed by atoms with Crippen LogP contribution < -0.4 is 5.32 Å². The molecule has 2 N–H and O–H groups in total. The minimum atomic E-state index is -1.15. The Labute approximate surface area is 136 Å². The van der Waals surface area contributed by atoms with Crippen molar-refractivity contribution in [2.45, 2.75) is 32.7 Å². The number of imidazole rings is 1. The van der Waals surface area contributed by atoms with E-state index in [9.17, 15) is 24.5 Å². The van der Waals surface area contributed by atoms with Gasteiger partial charge in [-0.25, -0.2) is 14.8 Å². The summed E-state index contributed by atoms with van der Waals surface area (Å²) in [5, 5.41) is 13.1. The Morgan fingerprint density at radius 3 is 2.58 bits per heavy atom. The number of aromatic nitrogens is 2. The van der Waals surface area contributed by atoms with Crippen molar-refractivity contribution in [2.75, 3.05) is 13.2 Å². The molecule has 0 spiro atoms. The van der Waals surface area contributed by atoms with Gasteiger partial charge in [0.25, 0.3) is 5.91 Å². The Kier molecular flexibility index (Phi) is 7.33. The molecule has 11 nitrogen and oxygen atoms in total. The normalized spacial score (nSPS) is 11.4. The van der Waals surface area contributed by atoms with E-state index in [1.807, 2.05) is 0 Å². The summed E-state index contributed by atoms with van der Waals surface area (Å²) in [5.41, 5.74) is -0.467. The molecule has 1 unspecified atom stereocenters. The van der Waals surface area contributed by atoms with Gasteiger partial charge in [-0.1, -0.05) is 0 Å². The standard InChI is InChI=1S/C13H18N4O7/c1-3-23-9(18)6-5-8(13(20)24-4-2)16-12(19)10-11(17(21)22)15-7-14-10/h7-8H,3-6H2,1-2H3,(H,14,15)(H,16,19). The van der Waals surface area contributed by atoms with E-state index in [2.05, 4.69) is 15.3 Å². The van der Waals surface area contributed by atoms with Crippen molar-refractivity contribution in [3.63, 3.8) is 0 Å². The first-order chi connectivity index (χ1) is 11.4. The number of carbonyl (C=O) groups excluding carboxylic acids is 3. The molecule has 11 heteroatoms. The van der Waals surface area contributed by atoms with Crippen molar-refractivity contribution in [1.29, 1.82) is 0 Å². The van der Waals surface area contributed by atoms with Gasteiger partial charge < -0.3 is 24.9 Å². The SMILES string of the molecule is CCOC(=O)CCC(NC(=O)c1nc[nH]c1[N+](=O)[O-])C(=O)OCC. The van der Waals surface area contributed by atoms with Crippen LogP contribution in [0.1, 0.15) is 37.2 Å². The highest BCUT2D eigenvalue weighted by Crippen LogP contribution is 2.13. The van der Waals surface area contributed by atoms with Gasteiger partial charge in [0.05, 0.1) is 13.2 Å². The van der Waals surface area contributed by atoms with Gasteiger partial charge in [-0.05, 0) is 25.2 Å². The Morgan fingerprint density at radius 2 is 2.00 bits per heavy atom. The number of nitrogens with zero attached hydrogens (tertiary/aromatic N) is 2. The van der Waals surface area contributed by atoms with Gasteiger partial charge in [0, 0.05) is 6.42 Å². The van der Waals surface area contributed by atoms with Crippen molar-refractivity contribution >= 4 is 23.7 Å². The Balaban J connectivity index is 2.81. The fourth-order valence-electron chi connectivity index (χ4n) is 1.81. The molecule has 0 aromatic carbocycles. The summed E-state index contributed by atoms with van der Waals surface area (Å²) < 4.78 is 9.57. The topological polar surface area (TPSA) is 154 Å². The van der Waals surface area contributed by atoms with Crippen LogP contribution >= 0.6 is 0 Å². The largest absolute Gasteiger partial charge is 0.466 e. The van der Waals surface area contributed by atoms with Gasteiger partial charge in [0.1, 0.15) is 6.04 Å². The lowest BCUT2D eigenvalue weighted by Crippen LogP contribution is -2.42. The lowest BCUT2D eigenvalue weighted by Gasteiger charge is -2.16. The number of esters is 2. The van der Waals surface area contributed by atoms with Gasteiger partial charge in [0.2, 0.25) is 5.69 Å². The number of rotatable bonds is 9. The first kappa shape index (κ1) is 19.1. The molecule has 132 valence electrons. The molecule has 0 aliphatic carbocycles. The Morgan fingerprint density at radius 1 is 1.33 bits per heavy atom. The van der Waals surface area contributed by atoms with E-state index in [-0.39, 0.29) is 26.1 Å². The summed E-state index contributed by atoms with van der Waals surface area (Å²) >= 11 is 0. The number of nitrogens with one attached hydrogen (secondary N) is 2. The summed E-state index contributed by atoms with van der Waals surface area (Å²) in [6.45, 7) is 3.49. The maximum absolute atomic E-state index is 12.1. The van der Waals surface area contributed by atoms with Crippen LogP contribution in [-0.2, 0) is 19.1 Å². The number of ether oxygens (including phenoxy) is 2. The predicted octanol–water partition coefficient (Wildman–Crippen LogP) is 0.323. The summed E-state index contributed by atoms with van der Waals surface area (Å²) in [5.74, 6) is -2.81. The number of hydrogen-bond donors (Lipinski definition) is 2. The lowest BCUT2D eigenvalue weighted by atomic mass is 10.1. The number of H-pyrrole nitrogens is 1. The van der Waals surface area contributed by atoms with Gasteiger partial charge in [-0.2, -0.15) is 0 Å². The molecule has 0 aliphatic heterocycles. The molecular formula is C13H18N4O7. The van der Waals surface area contributed by atoms with Gasteiger partial charge >= 0.3 is 17.8 Å². The summed E-state index contributed by atoms with van der Waals surface area (Å²) in [6.07, 6.45) is 0.799. The van der Waals surface area contributed by atoms with Crippen LogP contribution in [0, 0.1) is 10.1 Å². The Hall–Kier alpha value is -2.98. The molecule has 0 saturated carbocycles. The van der Waals surface area contributed by atoms with Crippen LogP contribution in [0.4, 0.5) is 5.82 Å². The zero-order valence-corrected chi connectivity index (χ0v) is 13.2. The number of hydrogen-bond acceptors (Lipinski definition) is 8. The molecule has 1 atom stereocenters. The van der Waals surface area contributed by atoms with Crippen molar-refractivity contribution in [2.24, 2.45) is 0 Å². The highest BCUT2D eigenvalue weighted by atomic mass is 16.6. The number of aromatic amines is 1. The van der Waals surface area contributed by atoms with Crippen molar-refractivity contribution in [3.05, 3.63) is 22.1 Å². The molecule has 1 aromatic rings. The first-order valence-electron chi connectivity index (χ1n) is 7.21. The molecule has 1 aromatic heterocycles. The maximum atomic E-state index is 12.1. The summed E-state index contributed by atoms with van der Waals surface area (Å²) in [7, 11) is 0. The third kappa shape index (κ3) is 5.34. The zero-order chi connectivity index (χ0) is 18.1. The number of amides is 1. The Bertz CT molecular complexity index is 613. The van der Waals surface area contributed by atoms with Crippen LogP contribution in [0.25, 0.3) is 0 Å². The summed E-state index contributed by atoms with van der Waals surface area (Å²) in [6, 6.07) is -1.15. The van der Waals surface area contributed by atoms with Crippen molar-refractivity contribution < 1.29 is 28.8 Å². The zero-order valence-electron chi connectivity index (χ0n) is 13.2. The monoisotopic (exact) mass is 342 g/mol. The second-order valence-corrected chi connectivity index (χ2v) is 4.48. The van der Waals surface area contributed by atoms with E-state index in [0.717, 1.165) is 6.33 Å². The van der Waals surface area contributed by atoms with E-state index in [1.165, 1.54) is 0 Å². The second kappa shape index (κ2) is 9.22. The predicted molar refractivity (Wildman–Crippen MR) is 79.0 cm³/mol. The third-order valence-electron chi connectivity index (χ3n) is 2.84. The molecule has 1 amide bonds. The molecule has 24 heavy (non-hydrogen) atoms. The minimum Gasteiger partial charge on any atom is -0.466 e. The van der Waals surface area contributed by atoms with Gasteiger partial charge in [0.15, 0.2) is 6.33 Å². The van der Waals surface area contributed by atoms with Crippen molar-refractivity contribution in [3.8, 4) is 0 Å². The molecule has 0 radical (unpaired) electrons. The molecular weight excluding hydrogens is 324 g/mol. The average Bonchev–Trinajstić information content (AvgIpc) is 3.01. The molecule has 0 bridgehead atoms. The first-order valence-corrected chi connectivity index (χ1v) is 7.21. The minimum absolute atomic E-state index is 0.0678. The fourth-order valence-corrected chi connectivity index (χ4v) is 1.81. The van der Waals surface area contributed by atoms with E-state index in [1.54, 1.807) is 13.8 Å². The van der Waals surface area contributed by atoms with Gasteiger partial charge in [-0.3, -0.25) is 9.59 Å². The van der Waals surface area contributed by atoms with E-state index < -0.39 is 40.3 Å². The second-order valence-electron chi connectivity index (χ2n) is 4.48. The van der Waals surface area contributed by atoms with Gasteiger partial charge in [-0.15, -0.1) is 0 Å². The molecule has 0 saturated heterocycles. The molecule has 0 aliphatic rings. The van der Waals surface area contributed by atoms with Crippen LogP contribution in [0.5, 0.6) is 0 Å². The van der Waals surface area contributed by atoms with Crippen molar-refractivity contribution in [1.82, 2.24) is 15.3 Å². The lowest BCUT2D eigenvalue weighted by molar-refractivity contribution is -0.389. The van der Waals surface area contributed by atoms with Crippen LogP contribution in [0.3, 0.4) is 0 Å². The third-order valence-corrected chi connectivity index (χ3v) is 2.84. The highest BCUT2D eigenvalue weighted by molar-refractivity contribution is 5.97. The molecule has 1 rings (SSSR count). The number of carbonyl (C=O) groups is 3. The number of nitro groups is 1. The van der Waals surface area contributed by atoms with Crippen LogP contribution in [0.15, 0.2) is 6.33 Å². The highest BCUT2D eigenvalue weighted by Gasteiger charge is 2.28. The fraction of sp³-hybridized carbons (Fsp3) is 0.538. The van der Waals surface area contributed by atoms with E-state index >= 15 is 0 Å². The molecule has 1 heterocycles. The smallest absolute Gasteiger partial charge is 0.353 e. The summed E-state index contributed by atoms with van der Waals surface area (Å²) in [4.78, 5) is 51.2. The van der Waals surface area contributed by atoms with E-state index in [0.29, 0.717) is 0 Å². The van der Waals surface area contributed by atoms with Crippen LogP contribution in [0.2, 0.25) is 0 Å². The van der Waals surface area contributed by atoms with E-state index in [4.69, 9.17) is 9.47 Å². The quantitative estimate of drug-likeness (QED) is 0.369. The average molecular weight is 342 g/mol.